The topological polar surface area (TPSA) is 27.7 Å². The Labute approximate surface area is 318 Å². The van der Waals surface area contributed by atoms with E-state index in [9.17, 15) is 0 Å². The monoisotopic (exact) mass is 702 g/mol. The first kappa shape index (κ1) is 31.1. The van der Waals surface area contributed by atoms with Gasteiger partial charge in [0.2, 0.25) is 0 Å². The molecule has 0 saturated carbocycles. The van der Waals surface area contributed by atoms with E-state index in [1.807, 2.05) is 12.1 Å². The molecule has 0 saturated heterocycles. The van der Waals surface area contributed by atoms with Crippen molar-refractivity contribution in [2.45, 2.75) is 0 Å². The Morgan fingerprint density at radius 1 is 0.273 bits per heavy atom. The third-order valence-electron chi connectivity index (χ3n) is 10.8. The quantitative estimate of drug-likeness (QED) is 0.169. The molecule has 0 bridgehead atoms. The van der Waals surface area contributed by atoms with Gasteiger partial charge in [-0.05, 0) is 71.8 Å². The van der Waals surface area contributed by atoms with Crippen LogP contribution in [0, 0.1) is 0 Å². The standard InChI is InChI=1S/C51H34N4/c1-5-17-36(18-6-1)44-33-38(34-45(52-44)37-19-7-2-8-20-37)35-29-31-41(32-30-35)54-47-28-16-14-26-43(47)49-51(54)50-48(55(49)40-23-11-4-12-24-40)42-25-13-15-27-46(42)53(50)39-21-9-3-10-22-39/h1-34H. The van der Waals surface area contributed by atoms with Crippen LogP contribution in [0.3, 0.4) is 0 Å². The third kappa shape index (κ3) is 4.96. The molecule has 258 valence electrons. The zero-order valence-electron chi connectivity index (χ0n) is 29.9. The minimum absolute atomic E-state index is 0.956. The van der Waals surface area contributed by atoms with Gasteiger partial charge in [0, 0.05) is 39.0 Å². The van der Waals surface area contributed by atoms with Gasteiger partial charge in [0.25, 0.3) is 0 Å². The molecule has 11 aromatic rings. The first-order valence-corrected chi connectivity index (χ1v) is 18.7. The average Bonchev–Trinajstić information content (AvgIpc) is 3.90. The summed E-state index contributed by atoms with van der Waals surface area (Å²) in [6, 6.07) is 73.6. The van der Waals surface area contributed by atoms with Crippen LogP contribution in [0.1, 0.15) is 0 Å². The lowest BCUT2D eigenvalue weighted by molar-refractivity contribution is 1.15. The summed E-state index contributed by atoms with van der Waals surface area (Å²) < 4.78 is 7.39. The van der Waals surface area contributed by atoms with E-state index in [2.05, 4.69) is 208 Å². The number of hydrogen-bond donors (Lipinski definition) is 0. The van der Waals surface area contributed by atoms with Gasteiger partial charge in [0.15, 0.2) is 0 Å². The fourth-order valence-electron chi connectivity index (χ4n) is 8.41. The van der Waals surface area contributed by atoms with E-state index in [1.165, 1.54) is 43.9 Å². The summed E-state index contributed by atoms with van der Waals surface area (Å²) in [5.74, 6) is 0. The van der Waals surface area contributed by atoms with Crippen molar-refractivity contribution < 1.29 is 0 Å². The van der Waals surface area contributed by atoms with Crippen LogP contribution >= 0.6 is 0 Å². The van der Waals surface area contributed by atoms with E-state index in [0.29, 0.717) is 0 Å². The molecule has 11 rings (SSSR count). The molecule has 7 aromatic carbocycles. The summed E-state index contributed by atoms with van der Waals surface area (Å²) >= 11 is 0. The van der Waals surface area contributed by atoms with Gasteiger partial charge >= 0.3 is 0 Å². The van der Waals surface area contributed by atoms with Crippen molar-refractivity contribution in [3.05, 3.63) is 206 Å². The summed E-state index contributed by atoms with van der Waals surface area (Å²) in [4.78, 5) is 5.12. The van der Waals surface area contributed by atoms with Gasteiger partial charge in [-0.2, -0.15) is 0 Å². The van der Waals surface area contributed by atoms with Gasteiger partial charge in [0.1, 0.15) is 0 Å². The lowest BCUT2D eigenvalue weighted by Crippen LogP contribution is -1.97. The Morgan fingerprint density at radius 2 is 0.655 bits per heavy atom. The SMILES string of the molecule is c1ccc(-c2cc(-c3ccc(-n4c5ccccc5c5c4c4c(c6ccccc6n4-c4ccccc4)n5-c4ccccc4)cc3)cc(-c3ccccc3)n2)cc1. The number of nitrogens with zero attached hydrogens (tertiary/aromatic N) is 4. The number of hydrogen-bond acceptors (Lipinski definition) is 1. The molecule has 0 aliphatic rings. The van der Waals surface area contributed by atoms with Crippen LogP contribution in [-0.2, 0) is 0 Å². The predicted molar refractivity (Wildman–Crippen MR) is 229 cm³/mol. The summed E-state index contributed by atoms with van der Waals surface area (Å²) in [7, 11) is 0. The Balaban J connectivity index is 1.19. The van der Waals surface area contributed by atoms with Crippen LogP contribution in [0.2, 0.25) is 0 Å². The maximum atomic E-state index is 5.12. The van der Waals surface area contributed by atoms with Gasteiger partial charge in [-0.1, -0.05) is 146 Å². The summed E-state index contributed by atoms with van der Waals surface area (Å²) in [5, 5.41) is 2.42. The predicted octanol–water partition coefficient (Wildman–Crippen LogP) is 13.1. The van der Waals surface area contributed by atoms with Crippen LogP contribution in [0.5, 0.6) is 0 Å². The maximum Gasteiger partial charge on any atom is 0.0975 e. The maximum absolute atomic E-state index is 5.12. The van der Waals surface area contributed by atoms with E-state index >= 15 is 0 Å². The number of benzene rings is 7. The molecular weight excluding hydrogens is 669 g/mol. The number of fused-ring (bicyclic) bond motifs is 7. The third-order valence-corrected chi connectivity index (χ3v) is 10.8. The molecule has 0 aliphatic heterocycles. The van der Waals surface area contributed by atoms with Gasteiger partial charge in [-0.3, -0.25) is 0 Å². The van der Waals surface area contributed by atoms with Gasteiger partial charge < -0.3 is 13.7 Å². The summed E-state index contributed by atoms with van der Waals surface area (Å²) in [6.45, 7) is 0. The smallest absolute Gasteiger partial charge is 0.0975 e. The molecule has 0 spiro atoms. The highest BCUT2D eigenvalue weighted by Crippen LogP contribution is 2.45. The number of para-hydroxylation sites is 4. The van der Waals surface area contributed by atoms with Crippen LogP contribution in [0.4, 0.5) is 0 Å². The fourth-order valence-corrected chi connectivity index (χ4v) is 8.41. The van der Waals surface area contributed by atoms with Crippen LogP contribution < -0.4 is 0 Å². The highest BCUT2D eigenvalue weighted by atomic mass is 15.1. The summed E-state index contributed by atoms with van der Waals surface area (Å²) in [6.07, 6.45) is 0. The molecule has 0 N–H and O–H groups in total. The highest BCUT2D eigenvalue weighted by molar-refractivity contribution is 6.25. The van der Waals surface area contributed by atoms with Crippen molar-refractivity contribution in [3.63, 3.8) is 0 Å². The molecule has 0 amide bonds. The molecule has 4 aromatic heterocycles. The zero-order valence-corrected chi connectivity index (χ0v) is 29.9. The molecule has 4 nitrogen and oxygen atoms in total. The average molecular weight is 703 g/mol. The van der Waals surface area contributed by atoms with E-state index in [-0.39, 0.29) is 0 Å². The van der Waals surface area contributed by atoms with Crippen molar-refractivity contribution >= 4 is 43.9 Å². The molecule has 0 unspecified atom stereocenters. The highest BCUT2D eigenvalue weighted by Gasteiger charge is 2.27. The lowest BCUT2D eigenvalue weighted by Gasteiger charge is -2.13. The minimum atomic E-state index is 0.956. The number of rotatable bonds is 6. The van der Waals surface area contributed by atoms with Crippen molar-refractivity contribution in [1.82, 2.24) is 18.7 Å². The first-order valence-electron chi connectivity index (χ1n) is 18.7. The van der Waals surface area contributed by atoms with Crippen molar-refractivity contribution in [1.29, 1.82) is 0 Å². The van der Waals surface area contributed by atoms with Crippen LogP contribution in [0.25, 0.3) is 94.6 Å². The normalized spacial score (nSPS) is 11.6. The molecule has 0 aliphatic carbocycles. The molecule has 0 fully saturated rings. The van der Waals surface area contributed by atoms with Crippen molar-refractivity contribution in [2.75, 3.05) is 0 Å². The zero-order chi connectivity index (χ0) is 36.3. The molecule has 4 heterocycles. The number of aromatic nitrogens is 4. The Hall–Kier alpha value is -7.43. The molecule has 4 heteroatoms. The lowest BCUT2D eigenvalue weighted by atomic mass is 10.00. The van der Waals surface area contributed by atoms with Gasteiger partial charge in [-0.25, -0.2) is 4.98 Å². The Bertz CT molecular complexity index is 3100. The minimum Gasteiger partial charge on any atom is -0.306 e. The second-order valence-corrected chi connectivity index (χ2v) is 14.0. The summed E-state index contributed by atoms with van der Waals surface area (Å²) in [5.41, 5.74) is 16.8. The van der Waals surface area contributed by atoms with E-state index in [0.717, 1.165) is 50.7 Å². The van der Waals surface area contributed by atoms with E-state index < -0.39 is 0 Å². The largest absolute Gasteiger partial charge is 0.306 e. The second-order valence-electron chi connectivity index (χ2n) is 14.0. The van der Waals surface area contributed by atoms with E-state index in [1.54, 1.807) is 0 Å². The van der Waals surface area contributed by atoms with Gasteiger partial charge in [0.05, 0.1) is 44.5 Å². The molecule has 0 radical (unpaired) electrons. The Kier molecular flexibility index (Phi) is 7.14. The van der Waals surface area contributed by atoms with Crippen LogP contribution in [-0.4, -0.2) is 18.7 Å². The van der Waals surface area contributed by atoms with Crippen molar-refractivity contribution in [2.24, 2.45) is 0 Å². The molecular formula is C51H34N4. The number of pyridine rings is 1. The second kappa shape index (κ2) is 12.6. The van der Waals surface area contributed by atoms with Crippen LogP contribution in [0.15, 0.2) is 206 Å². The van der Waals surface area contributed by atoms with Gasteiger partial charge in [-0.15, -0.1) is 0 Å². The fraction of sp³-hybridized carbons (Fsp3) is 0. The molecule has 55 heavy (non-hydrogen) atoms. The Morgan fingerprint density at radius 3 is 1.13 bits per heavy atom. The first-order chi connectivity index (χ1) is 27.3. The molecule has 0 atom stereocenters. The van der Waals surface area contributed by atoms with E-state index in [4.69, 9.17) is 4.98 Å². The van der Waals surface area contributed by atoms with Crippen molar-refractivity contribution in [3.8, 4) is 50.7 Å².